The van der Waals surface area contributed by atoms with Crippen molar-refractivity contribution in [1.29, 1.82) is 0 Å². The zero-order valence-corrected chi connectivity index (χ0v) is 17.3. The fourth-order valence-corrected chi connectivity index (χ4v) is 4.69. The van der Waals surface area contributed by atoms with Crippen LogP contribution in [-0.2, 0) is 22.5 Å². The Kier molecular flexibility index (Phi) is 5.08. The zero-order chi connectivity index (χ0) is 21.7. The van der Waals surface area contributed by atoms with Gasteiger partial charge in [-0.05, 0) is 35.4 Å². The van der Waals surface area contributed by atoms with Gasteiger partial charge in [-0.25, -0.2) is 8.78 Å². The highest BCUT2D eigenvalue weighted by Gasteiger charge is 2.44. The molecule has 7 heteroatoms. The standard InChI is InChI=1S/C24H25F2NO4/c1-30-16-7-17(8-16)31-18-9-21(25)23(26)22(10-18)27-5-4-13-6-14(2-3-15(13)12-27)19-11-20(19)24(28)29/h2-3,6,9-10,16-17,19-20H,4-5,7-8,11-12H2,1H3,(H,28,29)/t16?,17?,19-,20+/m0/s1. The lowest BCUT2D eigenvalue weighted by Crippen LogP contribution is -2.39. The molecule has 0 aromatic heterocycles. The number of methoxy groups -OCH3 is 1. The molecule has 5 rings (SSSR count). The Labute approximate surface area is 179 Å². The summed E-state index contributed by atoms with van der Waals surface area (Å²) in [7, 11) is 1.66. The third kappa shape index (κ3) is 3.87. The van der Waals surface area contributed by atoms with Crippen LogP contribution in [0, 0.1) is 17.6 Å². The Morgan fingerprint density at radius 2 is 1.90 bits per heavy atom. The van der Waals surface area contributed by atoms with Gasteiger partial charge < -0.3 is 19.5 Å². The Bertz CT molecular complexity index is 1020. The summed E-state index contributed by atoms with van der Waals surface area (Å²) in [6, 6.07) is 8.73. The van der Waals surface area contributed by atoms with E-state index >= 15 is 0 Å². The lowest BCUT2D eigenvalue weighted by Gasteiger charge is -2.35. The van der Waals surface area contributed by atoms with Crippen molar-refractivity contribution in [3.05, 3.63) is 58.7 Å². The predicted molar refractivity (Wildman–Crippen MR) is 110 cm³/mol. The molecule has 2 atom stereocenters. The molecule has 2 aliphatic carbocycles. The molecule has 1 N–H and O–H groups in total. The third-order valence-corrected chi connectivity index (χ3v) is 6.79. The molecule has 1 heterocycles. The molecule has 1 aliphatic heterocycles. The van der Waals surface area contributed by atoms with Gasteiger partial charge in [0.2, 0.25) is 0 Å². The van der Waals surface area contributed by atoms with E-state index in [1.807, 2.05) is 17.0 Å². The van der Waals surface area contributed by atoms with Crippen LogP contribution in [0.4, 0.5) is 14.5 Å². The number of fused-ring (bicyclic) bond motifs is 1. The first-order valence-electron chi connectivity index (χ1n) is 10.7. The van der Waals surface area contributed by atoms with Gasteiger partial charge >= 0.3 is 5.97 Å². The van der Waals surface area contributed by atoms with Crippen molar-refractivity contribution in [2.24, 2.45) is 5.92 Å². The molecule has 0 saturated heterocycles. The van der Waals surface area contributed by atoms with Gasteiger partial charge in [0, 0.05) is 45.2 Å². The minimum atomic E-state index is -0.912. The number of halogens is 2. The van der Waals surface area contributed by atoms with Crippen LogP contribution in [0.1, 0.15) is 41.9 Å². The molecular weight excluding hydrogens is 404 g/mol. The molecular formula is C24H25F2NO4. The molecule has 2 saturated carbocycles. The molecule has 2 fully saturated rings. The van der Waals surface area contributed by atoms with E-state index in [4.69, 9.17) is 14.6 Å². The number of carbonyl (C=O) groups is 1. The number of ether oxygens (including phenoxy) is 2. The van der Waals surface area contributed by atoms with E-state index in [9.17, 15) is 13.6 Å². The summed E-state index contributed by atoms with van der Waals surface area (Å²) in [4.78, 5) is 13.0. The number of hydrogen-bond donors (Lipinski definition) is 1. The van der Waals surface area contributed by atoms with Crippen molar-refractivity contribution >= 4 is 11.7 Å². The number of hydrogen-bond acceptors (Lipinski definition) is 4. The minimum Gasteiger partial charge on any atom is -0.490 e. The van der Waals surface area contributed by atoms with Gasteiger partial charge in [-0.2, -0.15) is 0 Å². The second kappa shape index (κ2) is 7.79. The van der Waals surface area contributed by atoms with E-state index in [1.54, 1.807) is 13.2 Å². The summed E-state index contributed by atoms with van der Waals surface area (Å²) in [5.41, 5.74) is 3.47. The van der Waals surface area contributed by atoms with Crippen LogP contribution in [0.3, 0.4) is 0 Å². The van der Waals surface area contributed by atoms with Crippen LogP contribution in [0.25, 0.3) is 0 Å². The van der Waals surface area contributed by atoms with Crippen LogP contribution in [0.5, 0.6) is 5.75 Å². The van der Waals surface area contributed by atoms with Crippen LogP contribution in [0.15, 0.2) is 30.3 Å². The zero-order valence-electron chi connectivity index (χ0n) is 17.3. The Morgan fingerprint density at radius 1 is 1.10 bits per heavy atom. The highest BCUT2D eigenvalue weighted by atomic mass is 19.2. The van der Waals surface area contributed by atoms with Crippen molar-refractivity contribution in [2.75, 3.05) is 18.6 Å². The van der Waals surface area contributed by atoms with Crippen LogP contribution < -0.4 is 9.64 Å². The van der Waals surface area contributed by atoms with Gasteiger partial charge in [0.05, 0.1) is 17.7 Å². The molecule has 5 nitrogen and oxygen atoms in total. The second-order valence-electron chi connectivity index (χ2n) is 8.79. The van der Waals surface area contributed by atoms with E-state index in [0.29, 0.717) is 31.7 Å². The molecule has 2 aromatic carbocycles. The van der Waals surface area contributed by atoms with Crippen molar-refractivity contribution in [3.8, 4) is 5.75 Å². The SMILES string of the molecule is COC1CC(Oc2cc(F)c(F)c(N3CCc4cc([C@@H]5C[C@H]5C(=O)O)ccc4C3)c2)C1. The molecule has 3 aliphatic rings. The maximum Gasteiger partial charge on any atom is 0.307 e. The van der Waals surface area contributed by atoms with E-state index in [1.165, 1.54) is 0 Å². The van der Waals surface area contributed by atoms with Crippen molar-refractivity contribution in [1.82, 2.24) is 0 Å². The van der Waals surface area contributed by atoms with Gasteiger partial charge in [0.25, 0.3) is 0 Å². The number of anilines is 1. The molecule has 0 radical (unpaired) electrons. The summed E-state index contributed by atoms with van der Waals surface area (Å²) in [6.45, 7) is 1.02. The maximum atomic E-state index is 14.6. The molecule has 31 heavy (non-hydrogen) atoms. The second-order valence-corrected chi connectivity index (χ2v) is 8.79. The molecule has 0 spiro atoms. The van der Waals surface area contributed by atoms with Gasteiger partial charge in [-0.1, -0.05) is 18.2 Å². The normalized spacial score (nSPS) is 26.7. The first kappa shape index (κ1) is 20.2. The fraction of sp³-hybridized carbons (Fsp3) is 0.458. The number of carboxylic acids is 1. The van der Waals surface area contributed by atoms with E-state index in [2.05, 4.69) is 6.07 Å². The third-order valence-electron chi connectivity index (χ3n) is 6.79. The topological polar surface area (TPSA) is 59.0 Å². The van der Waals surface area contributed by atoms with E-state index in [0.717, 1.165) is 35.6 Å². The van der Waals surface area contributed by atoms with Crippen LogP contribution in [0.2, 0.25) is 0 Å². The summed E-state index contributed by atoms with van der Waals surface area (Å²) >= 11 is 0. The van der Waals surface area contributed by atoms with Crippen molar-refractivity contribution < 1.29 is 28.2 Å². The molecule has 2 aromatic rings. The number of carboxylic acid groups (broad SMARTS) is 1. The number of benzene rings is 2. The lowest BCUT2D eigenvalue weighted by molar-refractivity contribution is -0.138. The Hall–Kier alpha value is -2.67. The summed E-state index contributed by atoms with van der Waals surface area (Å²) in [5, 5.41) is 9.17. The van der Waals surface area contributed by atoms with Crippen molar-refractivity contribution in [3.63, 3.8) is 0 Å². The number of nitrogens with zero attached hydrogens (tertiary/aromatic N) is 1. The molecule has 0 amide bonds. The largest absolute Gasteiger partial charge is 0.490 e. The smallest absolute Gasteiger partial charge is 0.307 e. The monoisotopic (exact) mass is 429 g/mol. The molecule has 164 valence electrons. The fourth-order valence-electron chi connectivity index (χ4n) is 4.69. The van der Waals surface area contributed by atoms with Gasteiger partial charge in [-0.15, -0.1) is 0 Å². The first-order chi connectivity index (χ1) is 14.9. The molecule has 0 bridgehead atoms. The van der Waals surface area contributed by atoms with Crippen LogP contribution in [-0.4, -0.2) is 36.9 Å². The quantitative estimate of drug-likeness (QED) is 0.743. The first-order valence-corrected chi connectivity index (χ1v) is 10.7. The number of aliphatic carboxylic acids is 1. The van der Waals surface area contributed by atoms with Crippen LogP contribution >= 0.6 is 0 Å². The average Bonchev–Trinajstić information content (AvgIpc) is 3.53. The average molecular weight is 429 g/mol. The van der Waals surface area contributed by atoms with E-state index in [-0.39, 0.29) is 29.7 Å². The van der Waals surface area contributed by atoms with Gasteiger partial charge in [0.15, 0.2) is 11.6 Å². The lowest BCUT2D eigenvalue weighted by atomic mass is 9.92. The maximum absolute atomic E-state index is 14.6. The predicted octanol–water partition coefficient (Wildman–Crippen LogP) is 4.27. The van der Waals surface area contributed by atoms with Crippen molar-refractivity contribution in [2.45, 2.75) is 50.4 Å². The van der Waals surface area contributed by atoms with E-state index < -0.39 is 17.6 Å². The van der Waals surface area contributed by atoms with Gasteiger partial charge in [-0.3, -0.25) is 4.79 Å². The summed E-state index contributed by atoms with van der Waals surface area (Å²) in [5.74, 6) is -2.38. The molecule has 0 unspecified atom stereocenters. The number of rotatable bonds is 6. The Morgan fingerprint density at radius 3 is 2.61 bits per heavy atom. The highest BCUT2D eigenvalue weighted by Crippen LogP contribution is 2.48. The summed E-state index contributed by atoms with van der Waals surface area (Å²) < 4.78 is 40.0. The van der Waals surface area contributed by atoms with Gasteiger partial charge in [0.1, 0.15) is 11.9 Å². The summed E-state index contributed by atoms with van der Waals surface area (Å²) in [6.07, 6.45) is 2.99. The highest BCUT2D eigenvalue weighted by molar-refractivity contribution is 5.75. The Balaban J connectivity index is 1.32. The minimum absolute atomic E-state index is 0.0415.